The summed E-state index contributed by atoms with van der Waals surface area (Å²) in [5.41, 5.74) is 8.83. The Balaban J connectivity index is 1.72. The number of likely N-dealkylation sites (tertiary alicyclic amines) is 1. The minimum Gasteiger partial charge on any atom is -0.368 e. The van der Waals surface area contributed by atoms with Gasteiger partial charge in [-0.1, -0.05) is 18.2 Å². The predicted octanol–water partition coefficient (Wildman–Crippen LogP) is 1.14. The summed E-state index contributed by atoms with van der Waals surface area (Å²) in [7, 11) is 0. The summed E-state index contributed by atoms with van der Waals surface area (Å²) in [6.07, 6.45) is 2.37. The summed E-state index contributed by atoms with van der Waals surface area (Å²) in [5.74, 6) is -0.852. The normalized spacial score (nSPS) is 24.1. The fourth-order valence-corrected chi connectivity index (χ4v) is 3.34. The molecule has 0 radical (unpaired) electrons. The van der Waals surface area contributed by atoms with Crippen LogP contribution in [-0.4, -0.2) is 35.5 Å². The average Bonchev–Trinajstić information content (AvgIpc) is 3.04. The summed E-state index contributed by atoms with van der Waals surface area (Å²) in [6.45, 7) is -0.0304. The molecule has 2 amide bonds. The molecule has 5 heteroatoms. The number of nitrogens with zero attached hydrogens (tertiary/aromatic N) is 1. The fourth-order valence-electron chi connectivity index (χ4n) is 3.34. The van der Waals surface area contributed by atoms with Crippen LogP contribution in [0, 0.1) is 0 Å². The van der Waals surface area contributed by atoms with Gasteiger partial charge in [0.1, 0.15) is 12.2 Å². The van der Waals surface area contributed by atoms with E-state index in [1.807, 2.05) is 6.07 Å². The first-order valence-corrected chi connectivity index (χ1v) is 7.38. The van der Waals surface area contributed by atoms with Gasteiger partial charge in [-0.3, -0.25) is 9.59 Å². The Morgan fingerprint density at radius 2 is 2.05 bits per heavy atom. The maximum absolute atomic E-state index is 13.5. The van der Waals surface area contributed by atoms with Gasteiger partial charge in [-0.15, -0.1) is 0 Å². The number of hydrogen-bond acceptors (Lipinski definition) is 2. The highest BCUT2D eigenvalue weighted by Gasteiger charge is 2.38. The number of carbonyl (C=O) groups is 2. The molecule has 2 atom stereocenters. The highest BCUT2D eigenvalue weighted by Crippen LogP contribution is 2.25. The second-order valence-electron chi connectivity index (χ2n) is 5.93. The quantitative estimate of drug-likeness (QED) is 0.907. The van der Waals surface area contributed by atoms with Gasteiger partial charge in [-0.25, -0.2) is 4.39 Å². The van der Waals surface area contributed by atoms with Crippen LogP contribution in [0.1, 0.15) is 29.5 Å². The molecule has 1 aliphatic carbocycles. The van der Waals surface area contributed by atoms with E-state index in [1.165, 1.54) is 16.0 Å². The molecule has 0 unspecified atom stereocenters. The molecular weight excluding hydrogens is 271 g/mol. The lowest BCUT2D eigenvalue weighted by molar-refractivity contribution is -0.136. The molecule has 0 saturated carbocycles. The number of fused-ring (bicyclic) bond motifs is 1. The van der Waals surface area contributed by atoms with Crippen molar-refractivity contribution in [1.82, 2.24) is 4.90 Å². The lowest BCUT2D eigenvalue weighted by Crippen LogP contribution is -2.44. The van der Waals surface area contributed by atoms with Crippen LogP contribution in [0.2, 0.25) is 0 Å². The van der Waals surface area contributed by atoms with Crippen LogP contribution in [0.25, 0.3) is 0 Å². The second kappa shape index (κ2) is 5.47. The SMILES string of the molecule is NC(=O)[C@@H]1C[C@@H](F)CN1C(=O)Cc1ccc2c(c1)CCC2. The first kappa shape index (κ1) is 14.0. The van der Waals surface area contributed by atoms with Gasteiger partial charge in [0.15, 0.2) is 0 Å². The lowest BCUT2D eigenvalue weighted by atomic mass is 10.0. The third kappa shape index (κ3) is 2.77. The van der Waals surface area contributed by atoms with Gasteiger partial charge in [0.25, 0.3) is 0 Å². The zero-order valence-corrected chi connectivity index (χ0v) is 11.8. The third-order valence-electron chi connectivity index (χ3n) is 4.42. The molecule has 4 nitrogen and oxygen atoms in total. The van der Waals surface area contributed by atoms with Crippen molar-refractivity contribution in [2.75, 3.05) is 6.54 Å². The van der Waals surface area contributed by atoms with E-state index in [0.29, 0.717) is 0 Å². The first-order valence-electron chi connectivity index (χ1n) is 7.38. The molecule has 0 aromatic heterocycles. The van der Waals surface area contributed by atoms with E-state index in [2.05, 4.69) is 12.1 Å². The molecule has 1 fully saturated rings. The standard InChI is InChI=1S/C16H19FN2O2/c17-13-8-14(16(18)21)19(9-13)15(20)7-10-4-5-11-2-1-3-12(11)6-10/h4-6,13-14H,1-3,7-9H2,(H2,18,21)/t13-,14+/m1/s1. The van der Waals surface area contributed by atoms with Crippen molar-refractivity contribution in [3.63, 3.8) is 0 Å². The topological polar surface area (TPSA) is 63.4 Å². The Bertz CT molecular complexity index is 588. The average molecular weight is 290 g/mol. The molecule has 0 bridgehead atoms. The summed E-state index contributed by atoms with van der Waals surface area (Å²) < 4.78 is 13.5. The second-order valence-corrected chi connectivity index (χ2v) is 5.93. The zero-order valence-electron chi connectivity index (χ0n) is 11.8. The van der Waals surface area contributed by atoms with E-state index in [1.54, 1.807) is 0 Å². The van der Waals surface area contributed by atoms with Gasteiger partial charge in [-0.2, -0.15) is 0 Å². The number of amides is 2. The van der Waals surface area contributed by atoms with Gasteiger partial charge >= 0.3 is 0 Å². The van der Waals surface area contributed by atoms with Gasteiger partial charge in [0.05, 0.1) is 13.0 Å². The Morgan fingerprint density at radius 1 is 1.29 bits per heavy atom. The van der Waals surface area contributed by atoms with E-state index in [4.69, 9.17) is 5.73 Å². The van der Waals surface area contributed by atoms with Gasteiger partial charge < -0.3 is 10.6 Å². The van der Waals surface area contributed by atoms with Crippen LogP contribution >= 0.6 is 0 Å². The number of carbonyl (C=O) groups excluding carboxylic acids is 2. The predicted molar refractivity (Wildman–Crippen MR) is 76.4 cm³/mol. The first-order chi connectivity index (χ1) is 10.0. The Labute approximate surface area is 123 Å². The minimum atomic E-state index is -1.16. The molecular formula is C16H19FN2O2. The monoisotopic (exact) mass is 290 g/mol. The molecule has 1 aliphatic heterocycles. The molecule has 1 aromatic rings. The molecule has 1 heterocycles. The number of hydrogen-bond donors (Lipinski definition) is 1. The van der Waals surface area contributed by atoms with E-state index in [-0.39, 0.29) is 25.3 Å². The maximum Gasteiger partial charge on any atom is 0.240 e. The van der Waals surface area contributed by atoms with Crippen LogP contribution in [0.5, 0.6) is 0 Å². The highest BCUT2D eigenvalue weighted by molar-refractivity contribution is 5.88. The zero-order chi connectivity index (χ0) is 15.0. The summed E-state index contributed by atoms with van der Waals surface area (Å²) in [5, 5.41) is 0. The van der Waals surface area contributed by atoms with E-state index < -0.39 is 18.1 Å². The smallest absolute Gasteiger partial charge is 0.240 e. The summed E-state index contributed by atoms with van der Waals surface area (Å²) in [6, 6.07) is 5.27. The van der Waals surface area contributed by atoms with Gasteiger partial charge in [-0.05, 0) is 36.0 Å². The molecule has 1 saturated heterocycles. The number of primary amides is 1. The van der Waals surface area contributed by atoms with Crippen molar-refractivity contribution in [1.29, 1.82) is 0 Å². The summed E-state index contributed by atoms with van der Waals surface area (Å²) in [4.78, 5) is 24.9. The van der Waals surface area contributed by atoms with E-state index in [9.17, 15) is 14.0 Å². The maximum atomic E-state index is 13.5. The van der Waals surface area contributed by atoms with Crippen LogP contribution in [0.3, 0.4) is 0 Å². The number of alkyl halides is 1. The Hall–Kier alpha value is -1.91. The van der Waals surface area contributed by atoms with Gasteiger partial charge in [0.2, 0.25) is 11.8 Å². The molecule has 0 spiro atoms. The van der Waals surface area contributed by atoms with Crippen LogP contribution < -0.4 is 5.73 Å². The van der Waals surface area contributed by atoms with Crippen LogP contribution in [0.4, 0.5) is 4.39 Å². The van der Waals surface area contributed by atoms with Gasteiger partial charge in [0, 0.05) is 6.42 Å². The molecule has 21 heavy (non-hydrogen) atoms. The van der Waals surface area contributed by atoms with Crippen molar-refractivity contribution in [2.24, 2.45) is 5.73 Å². The summed E-state index contributed by atoms with van der Waals surface area (Å²) >= 11 is 0. The van der Waals surface area contributed by atoms with E-state index in [0.717, 1.165) is 24.8 Å². The largest absolute Gasteiger partial charge is 0.368 e. The number of nitrogens with two attached hydrogens (primary N) is 1. The van der Waals surface area contributed by atoms with Crippen molar-refractivity contribution in [2.45, 2.75) is 44.3 Å². The van der Waals surface area contributed by atoms with Crippen molar-refractivity contribution < 1.29 is 14.0 Å². The number of rotatable bonds is 3. The molecule has 2 aliphatic rings. The van der Waals surface area contributed by atoms with Crippen molar-refractivity contribution >= 4 is 11.8 Å². The lowest BCUT2D eigenvalue weighted by Gasteiger charge is -2.22. The Kier molecular flexibility index (Phi) is 3.66. The fraction of sp³-hybridized carbons (Fsp3) is 0.500. The Morgan fingerprint density at radius 3 is 2.81 bits per heavy atom. The van der Waals surface area contributed by atoms with Crippen LogP contribution in [0.15, 0.2) is 18.2 Å². The van der Waals surface area contributed by atoms with Crippen molar-refractivity contribution in [3.8, 4) is 0 Å². The number of benzene rings is 1. The molecule has 2 N–H and O–H groups in total. The van der Waals surface area contributed by atoms with E-state index >= 15 is 0 Å². The van der Waals surface area contributed by atoms with Crippen molar-refractivity contribution in [3.05, 3.63) is 34.9 Å². The molecule has 1 aromatic carbocycles. The molecule has 112 valence electrons. The highest BCUT2D eigenvalue weighted by atomic mass is 19.1. The van der Waals surface area contributed by atoms with Crippen LogP contribution in [-0.2, 0) is 28.9 Å². The third-order valence-corrected chi connectivity index (χ3v) is 4.42. The number of halogens is 1. The molecule has 3 rings (SSSR count). The number of aryl methyl sites for hydroxylation is 2. The minimum absolute atomic E-state index is 0.0191.